The van der Waals surface area contributed by atoms with Gasteiger partial charge in [0.2, 0.25) is 0 Å². The fraction of sp³-hybridized carbons (Fsp3) is 0.273. The van der Waals surface area contributed by atoms with E-state index >= 15 is 0 Å². The zero-order valence-corrected chi connectivity index (χ0v) is 14.3. The summed E-state index contributed by atoms with van der Waals surface area (Å²) in [6, 6.07) is 12.8. The van der Waals surface area contributed by atoms with Gasteiger partial charge in [-0.1, -0.05) is 35.4 Å². The summed E-state index contributed by atoms with van der Waals surface area (Å²) in [6.45, 7) is 0. The molecule has 0 heterocycles. The molecule has 0 atom stereocenters. The lowest BCUT2D eigenvalue weighted by molar-refractivity contribution is 0.414. The van der Waals surface area contributed by atoms with Crippen molar-refractivity contribution in [3.8, 4) is 11.5 Å². The highest BCUT2D eigenvalue weighted by Crippen LogP contribution is 2.34. The predicted octanol–water partition coefficient (Wildman–Crippen LogP) is 5.06. The van der Waals surface area contributed by atoms with Gasteiger partial charge in [-0.15, -0.1) is 0 Å². The molecule has 0 amide bonds. The van der Waals surface area contributed by atoms with Crippen LogP contribution in [0.15, 0.2) is 47.5 Å². The third kappa shape index (κ3) is 2.84. The summed E-state index contributed by atoms with van der Waals surface area (Å²) in [4.78, 5) is 0. The highest BCUT2D eigenvalue weighted by molar-refractivity contribution is 5.67. The van der Waals surface area contributed by atoms with Crippen LogP contribution in [0.1, 0.15) is 35.1 Å². The van der Waals surface area contributed by atoms with Crippen molar-refractivity contribution in [1.29, 1.82) is 0 Å². The molecule has 0 aromatic heterocycles. The molecule has 0 radical (unpaired) electrons. The molecule has 2 aromatic rings. The quantitative estimate of drug-likeness (QED) is 0.767. The van der Waals surface area contributed by atoms with Crippen LogP contribution in [-0.4, -0.2) is 14.2 Å². The first-order valence-electron chi connectivity index (χ1n) is 8.48. The fourth-order valence-electron chi connectivity index (χ4n) is 3.66. The van der Waals surface area contributed by atoms with Crippen LogP contribution in [0.2, 0.25) is 0 Å². The lowest BCUT2D eigenvalue weighted by Gasteiger charge is -2.04. The normalized spacial score (nSPS) is 14.8. The number of rotatable bonds is 5. The average molecular weight is 318 g/mol. The van der Waals surface area contributed by atoms with Gasteiger partial charge in [0.15, 0.2) is 0 Å². The van der Waals surface area contributed by atoms with Gasteiger partial charge in [-0.3, -0.25) is 0 Å². The van der Waals surface area contributed by atoms with Crippen LogP contribution in [0.5, 0.6) is 11.5 Å². The molecule has 4 rings (SSSR count). The Kier molecular flexibility index (Phi) is 3.89. The number of hydrogen-bond donors (Lipinski definition) is 0. The first-order chi connectivity index (χ1) is 11.7. The zero-order chi connectivity index (χ0) is 16.5. The van der Waals surface area contributed by atoms with Gasteiger partial charge >= 0.3 is 0 Å². The van der Waals surface area contributed by atoms with Crippen molar-refractivity contribution >= 4 is 12.2 Å². The molecule has 0 fully saturated rings. The van der Waals surface area contributed by atoms with Gasteiger partial charge in [0.05, 0.1) is 14.2 Å². The van der Waals surface area contributed by atoms with E-state index in [2.05, 4.69) is 48.6 Å². The van der Waals surface area contributed by atoms with Gasteiger partial charge in [0.1, 0.15) is 11.5 Å². The van der Waals surface area contributed by atoms with Crippen molar-refractivity contribution in [2.75, 3.05) is 14.2 Å². The number of fused-ring (bicyclic) bond motifs is 2. The molecule has 0 saturated heterocycles. The molecule has 0 unspecified atom stereocenters. The summed E-state index contributed by atoms with van der Waals surface area (Å²) in [5.74, 6) is 1.88. The van der Waals surface area contributed by atoms with Gasteiger partial charge in [-0.05, 0) is 72.2 Å². The van der Waals surface area contributed by atoms with Crippen molar-refractivity contribution in [2.45, 2.75) is 25.7 Å². The fourth-order valence-corrected chi connectivity index (χ4v) is 3.66. The second kappa shape index (κ2) is 6.20. The van der Waals surface area contributed by atoms with E-state index in [0.717, 1.165) is 37.2 Å². The molecule has 2 aliphatic rings. The molecule has 0 bridgehead atoms. The molecule has 0 spiro atoms. The lowest BCUT2D eigenvalue weighted by atomic mass is 10.0. The van der Waals surface area contributed by atoms with Crippen molar-refractivity contribution in [3.63, 3.8) is 0 Å². The molecule has 2 aliphatic carbocycles. The Morgan fingerprint density at radius 2 is 1.17 bits per heavy atom. The Morgan fingerprint density at radius 3 is 1.58 bits per heavy atom. The maximum Gasteiger partial charge on any atom is 0.119 e. The van der Waals surface area contributed by atoms with Crippen LogP contribution in [0.3, 0.4) is 0 Å². The minimum Gasteiger partial charge on any atom is -0.497 e. The largest absolute Gasteiger partial charge is 0.497 e. The Morgan fingerprint density at radius 1 is 0.708 bits per heavy atom. The second-order valence-electron chi connectivity index (χ2n) is 6.59. The van der Waals surface area contributed by atoms with E-state index in [1.165, 1.54) is 33.4 Å². The van der Waals surface area contributed by atoms with E-state index < -0.39 is 0 Å². The Bertz CT molecular complexity index is 772. The van der Waals surface area contributed by atoms with Crippen LogP contribution in [0, 0.1) is 0 Å². The lowest BCUT2D eigenvalue weighted by Crippen LogP contribution is -1.90. The van der Waals surface area contributed by atoms with E-state index in [1.54, 1.807) is 14.2 Å². The first-order valence-corrected chi connectivity index (χ1v) is 8.48. The molecule has 2 aromatic carbocycles. The van der Waals surface area contributed by atoms with E-state index in [-0.39, 0.29) is 0 Å². The predicted molar refractivity (Wildman–Crippen MR) is 98.6 cm³/mol. The number of ether oxygens (including phenoxy) is 2. The molecular weight excluding hydrogens is 296 g/mol. The van der Waals surface area contributed by atoms with Crippen molar-refractivity contribution in [1.82, 2.24) is 0 Å². The second-order valence-corrected chi connectivity index (χ2v) is 6.59. The smallest absolute Gasteiger partial charge is 0.119 e. The minimum absolute atomic E-state index is 0.939. The Balaban J connectivity index is 1.42. The molecule has 24 heavy (non-hydrogen) atoms. The van der Waals surface area contributed by atoms with Gasteiger partial charge in [0.25, 0.3) is 0 Å². The summed E-state index contributed by atoms with van der Waals surface area (Å²) in [5, 5.41) is 0. The van der Waals surface area contributed by atoms with Crippen LogP contribution in [-0.2, 0) is 12.8 Å². The van der Waals surface area contributed by atoms with Crippen LogP contribution in [0.4, 0.5) is 0 Å². The Labute approximate surface area is 143 Å². The third-order valence-corrected chi connectivity index (χ3v) is 5.03. The summed E-state index contributed by atoms with van der Waals surface area (Å²) in [6.07, 6.45) is 9.09. The SMILES string of the molecule is COc1ccc2c(c1)C=C(CCC1=Cc3cc(OC)ccc3C1)C2. The number of benzene rings is 2. The van der Waals surface area contributed by atoms with Crippen molar-refractivity contribution < 1.29 is 9.47 Å². The first kappa shape index (κ1) is 15.1. The summed E-state index contributed by atoms with van der Waals surface area (Å²) >= 11 is 0. The topological polar surface area (TPSA) is 18.5 Å². The standard InChI is InChI=1S/C22H22O2/c1-23-21-7-5-17-9-15(11-19(17)13-21)3-4-16-10-18-6-8-22(24-2)14-20(18)12-16/h5-8,11-14H,3-4,9-10H2,1-2H3. The third-order valence-electron chi connectivity index (χ3n) is 5.03. The van der Waals surface area contributed by atoms with Gasteiger partial charge < -0.3 is 9.47 Å². The summed E-state index contributed by atoms with van der Waals surface area (Å²) in [5.41, 5.74) is 8.51. The van der Waals surface area contributed by atoms with Crippen LogP contribution in [0.25, 0.3) is 12.2 Å². The van der Waals surface area contributed by atoms with E-state index in [4.69, 9.17) is 9.47 Å². The highest BCUT2D eigenvalue weighted by atomic mass is 16.5. The molecule has 2 heteroatoms. The van der Waals surface area contributed by atoms with Crippen LogP contribution < -0.4 is 9.47 Å². The summed E-state index contributed by atoms with van der Waals surface area (Å²) < 4.78 is 10.6. The Hall–Kier alpha value is -2.48. The number of hydrogen-bond acceptors (Lipinski definition) is 2. The van der Waals surface area contributed by atoms with E-state index in [0.29, 0.717) is 0 Å². The van der Waals surface area contributed by atoms with Gasteiger partial charge in [-0.2, -0.15) is 0 Å². The van der Waals surface area contributed by atoms with Gasteiger partial charge in [-0.25, -0.2) is 0 Å². The molecule has 0 N–H and O–H groups in total. The monoisotopic (exact) mass is 318 g/mol. The highest BCUT2D eigenvalue weighted by Gasteiger charge is 2.16. The molecular formula is C22H22O2. The maximum atomic E-state index is 5.32. The molecule has 122 valence electrons. The average Bonchev–Trinajstić information content (AvgIpc) is 3.21. The minimum atomic E-state index is 0.939. The van der Waals surface area contributed by atoms with E-state index in [9.17, 15) is 0 Å². The summed E-state index contributed by atoms with van der Waals surface area (Å²) in [7, 11) is 3.45. The molecule has 2 nitrogen and oxygen atoms in total. The number of allylic oxidation sites excluding steroid dienone is 2. The van der Waals surface area contributed by atoms with Crippen molar-refractivity contribution in [2.24, 2.45) is 0 Å². The maximum absolute atomic E-state index is 5.32. The van der Waals surface area contributed by atoms with Crippen molar-refractivity contribution in [3.05, 3.63) is 69.8 Å². The molecule has 0 aliphatic heterocycles. The van der Waals surface area contributed by atoms with Crippen LogP contribution >= 0.6 is 0 Å². The van der Waals surface area contributed by atoms with E-state index in [1.807, 2.05) is 0 Å². The zero-order valence-electron chi connectivity index (χ0n) is 14.3. The number of methoxy groups -OCH3 is 2. The molecule has 0 saturated carbocycles. The van der Waals surface area contributed by atoms with Gasteiger partial charge in [0, 0.05) is 0 Å².